The van der Waals surface area contributed by atoms with Crippen molar-refractivity contribution in [3.63, 3.8) is 0 Å². The number of H-pyrrole nitrogens is 1. The standard InChI is InChI=1S/C24H30N2O8/c1-6-31-18-10-9-16(11-19(18)32-7-2)23(29)25-12-20(28)34-13-17(27)21-14(4)22(26-15(21)5)24(30)33-8-3/h9-11,26H,6-8,12-13H2,1-5H3,(H,25,29). The smallest absolute Gasteiger partial charge is 0.355 e. The highest BCUT2D eigenvalue weighted by Gasteiger charge is 2.23. The predicted molar refractivity (Wildman–Crippen MR) is 123 cm³/mol. The molecule has 0 fully saturated rings. The number of aromatic nitrogens is 1. The van der Waals surface area contributed by atoms with Crippen molar-refractivity contribution in [1.29, 1.82) is 0 Å². The van der Waals surface area contributed by atoms with Crippen molar-refractivity contribution in [3.05, 3.63) is 46.3 Å². The number of nitrogens with one attached hydrogen (secondary N) is 2. The molecule has 2 aromatic rings. The first kappa shape index (κ1) is 26.4. The van der Waals surface area contributed by atoms with Crippen LogP contribution in [0.4, 0.5) is 0 Å². The van der Waals surface area contributed by atoms with E-state index in [0.29, 0.717) is 36.0 Å². The second-order valence-corrected chi connectivity index (χ2v) is 7.14. The molecule has 1 aromatic carbocycles. The first-order valence-corrected chi connectivity index (χ1v) is 11.0. The Morgan fingerprint density at radius 2 is 1.59 bits per heavy atom. The molecule has 184 valence electrons. The van der Waals surface area contributed by atoms with Gasteiger partial charge in [-0.25, -0.2) is 4.79 Å². The molecular formula is C24H30N2O8. The number of esters is 2. The number of amides is 1. The lowest BCUT2D eigenvalue weighted by Gasteiger charge is -2.12. The van der Waals surface area contributed by atoms with Gasteiger partial charge in [0.05, 0.1) is 19.8 Å². The SMILES string of the molecule is CCOC(=O)c1[nH]c(C)c(C(=O)COC(=O)CNC(=O)c2ccc(OCC)c(OCC)c2)c1C. The fourth-order valence-electron chi connectivity index (χ4n) is 3.29. The van der Waals surface area contributed by atoms with E-state index in [4.69, 9.17) is 18.9 Å². The van der Waals surface area contributed by atoms with E-state index in [1.807, 2.05) is 13.8 Å². The summed E-state index contributed by atoms with van der Waals surface area (Å²) in [5, 5.41) is 2.45. The largest absolute Gasteiger partial charge is 0.490 e. The number of hydrogen-bond acceptors (Lipinski definition) is 8. The lowest BCUT2D eigenvalue weighted by Crippen LogP contribution is -2.31. The normalized spacial score (nSPS) is 10.4. The molecule has 34 heavy (non-hydrogen) atoms. The van der Waals surface area contributed by atoms with Gasteiger partial charge in [-0.15, -0.1) is 0 Å². The van der Waals surface area contributed by atoms with Crippen LogP contribution >= 0.6 is 0 Å². The quantitative estimate of drug-likeness (QED) is 0.354. The van der Waals surface area contributed by atoms with Crippen LogP contribution in [0.1, 0.15) is 63.2 Å². The molecule has 2 rings (SSSR count). The fourth-order valence-corrected chi connectivity index (χ4v) is 3.29. The Balaban J connectivity index is 1.94. The van der Waals surface area contributed by atoms with Crippen LogP contribution in [0.5, 0.6) is 11.5 Å². The lowest BCUT2D eigenvalue weighted by molar-refractivity contribution is -0.141. The number of Topliss-reactive ketones (excluding diaryl/α,β-unsaturated/α-hetero) is 1. The first-order valence-electron chi connectivity index (χ1n) is 11.0. The molecule has 1 aromatic heterocycles. The summed E-state index contributed by atoms with van der Waals surface area (Å²) in [6.07, 6.45) is 0. The van der Waals surface area contributed by atoms with Gasteiger partial charge >= 0.3 is 11.9 Å². The molecule has 0 aliphatic heterocycles. The molecule has 1 amide bonds. The Morgan fingerprint density at radius 3 is 2.24 bits per heavy atom. The van der Waals surface area contributed by atoms with Crippen molar-refractivity contribution in [1.82, 2.24) is 10.3 Å². The lowest BCUT2D eigenvalue weighted by atomic mass is 10.1. The summed E-state index contributed by atoms with van der Waals surface area (Å²) in [7, 11) is 0. The summed E-state index contributed by atoms with van der Waals surface area (Å²) in [5.41, 5.74) is 1.61. The molecular weight excluding hydrogens is 444 g/mol. The highest BCUT2D eigenvalue weighted by Crippen LogP contribution is 2.28. The van der Waals surface area contributed by atoms with Gasteiger partial charge in [-0.2, -0.15) is 0 Å². The minimum Gasteiger partial charge on any atom is -0.490 e. The van der Waals surface area contributed by atoms with Gasteiger partial charge in [-0.3, -0.25) is 14.4 Å². The van der Waals surface area contributed by atoms with Crippen LogP contribution in [-0.2, 0) is 14.3 Å². The number of aromatic amines is 1. The second kappa shape index (κ2) is 12.4. The number of aryl methyl sites for hydroxylation is 1. The van der Waals surface area contributed by atoms with Gasteiger partial charge in [0.25, 0.3) is 5.91 Å². The second-order valence-electron chi connectivity index (χ2n) is 7.14. The summed E-state index contributed by atoms with van der Waals surface area (Å²) < 4.78 is 20.9. The van der Waals surface area contributed by atoms with Crippen LogP contribution in [0.15, 0.2) is 18.2 Å². The van der Waals surface area contributed by atoms with Gasteiger partial charge in [0.1, 0.15) is 12.2 Å². The molecule has 1 heterocycles. The summed E-state index contributed by atoms with van der Waals surface area (Å²) in [6.45, 7) is 8.66. The Labute approximate surface area is 197 Å². The molecule has 0 spiro atoms. The summed E-state index contributed by atoms with van der Waals surface area (Å²) in [4.78, 5) is 51.9. The van der Waals surface area contributed by atoms with Gasteiger partial charge in [-0.05, 0) is 58.4 Å². The van der Waals surface area contributed by atoms with Crippen LogP contribution in [-0.4, -0.2) is 61.6 Å². The van der Waals surface area contributed by atoms with Crippen molar-refractivity contribution in [2.24, 2.45) is 0 Å². The Hall–Kier alpha value is -3.82. The maximum Gasteiger partial charge on any atom is 0.355 e. The van der Waals surface area contributed by atoms with Crippen molar-refractivity contribution in [2.45, 2.75) is 34.6 Å². The van der Waals surface area contributed by atoms with E-state index >= 15 is 0 Å². The third kappa shape index (κ3) is 6.60. The third-order valence-corrected chi connectivity index (χ3v) is 4.76. The summed E-state index contributed by atoms with van der Waals surface area (Å²) in [5.74, 6) is -1.40. The maximum atomic E-state index is 12.6. The van der Waals surface area contributed by atoms with Crippen LogP contribution < -0.4 is 14.8 Å². The molecule has 2 N–H and O–H groups in total. The Morgan fingerprint density at radius 1 is 0.912 bits per heavy atom. The van der Waals surface area contributed by atoms with E-state index in [-0.39, 0.29) is 23.4 Å². The van der Waals surface area contributed by atoms with E-state index in [9.17, 15) is 19.2 Å². The minimum atomic E-state index is -0.783. The molecule has 0 aliphatic rings. The Bertz CT molecular complexity index is 1060. The molecule has 0 unspecified atom stereocenters. The van der Waals surface area contributed by atoms with Gasteiger partial charge in [0.15, 0.2) is 18.1 Å². The molecule has 0 radical (unpaired) electrons. The van der Waals surface area contributed by atoms with Gasteiger partial charge in [0, 0.05) is 16.8 Å². The highest BCUT2D eigenvalue weighted by atomic mass is 16.5. The predicted octanol–water partition coefficient (Wildman–Crippen LogP) is 2.76. The summed E-state index contributed by atoms with van der Waals surface area (Å²) in [6, 6.07) is 4.69. The maximum absolute atomic E-state index is 12.6. The molecule has 0 aliphatic carbocycles. The number of carbonyl (C=O) groups is 4. The minimum absolute atomic E-state index is 0.183. The van der Waals surface area contributed by atoms with Gasteiger partial charge < -0.3 is 29.2 Å². The van der Waals surface area contributed by atoms with E-state index in [2.05, 4.69) is 10.3 Å². The van der Waals surface area contributed by atoms with Crippen molar-refractivity contribution < 1.29 is 38.1 Å². The van der Waals surface area contributed by atoms with E-state index in [1.54, 1.807) is 32.9 Å². The van der Waals surface area contributed by atoms with E-state index in [1.165, 1.54) is 6.07 Å². The first-order chi connectivity index (χ1) is 16.2. The van der Waals surface area contributed by atoms with Crippen molar-refractivity contribution in [3.8, 4) is 11.5 Å². The molecule has 10 nitrogen and oxygen atoms in total. The Kier molecular flexibility index (Phi) is 9.66. The van der Waals surface area contributed by atoms with Crippen LogP contribution in [0.3, 0.4) is 0 Å². The van der Waals surface area contributed by atoms with E-state index < -0.39 is 36.8 Å². The molecule has 0 atom stereocenters. The fraction of sp³-hybridized carbons (Fsp3) is 0.417. The van der Waals surface area contributed by atoms with E-state index in [0.717, 1.165) is 0 Å². The van der Waals surface area contributed by atoms with Gasteiger partial charge in [-0.1, -0.05) is 0 Å². The number of ether oxygens (including phenoxy) is 4. The molecule has 0 saturated carbocycles. The number of benzene rings is 1. The van der Waals surface area contributed by atoms with Gasteiger partial charge in [0.2, 0.25) is 5.78 Å². The van der Waals surface area contributed by atoms with Crippen LogP contribution in [0.25, 0.3) is 0 Å². The number of ketones is 1. The van der Waals surface area contributed by atoms with Crippen LogP contribution in [0, 0.1) is 13.8 Å². The summed E-state index contributed by atoms with van der Waals surface area (Å²) >= 11 is 0. The number of rotatable bonds is 12. The van der Waals surface area contributed by atoms with Crippen molar-refractivity contribution >= 4 is 23.6 Å². The molecule has 0 bridgehead atoms. The zero-order chi connectivity index (χ0) is 25.3. The third-order valence-electron chi connectivity index (χ3n) is 4.76. The molecule has 10 heteroatoms. The topological polar surface area (TPSA) is 133 Å². The zero-order valence-electron chi connectivity index (χ0n) is 20.0. The number of carbonyl (C=O) groups excluding carboxylic acids is 4. The van der Waals surface area contributed by atoms with Crippen molar-refractivity contribution in [2.75, 3.05) is 33.0 Å². The number of hydrogen-bond donors (Lipinski definition) is 2. The van der Waals surface area contributed by atoms with Crippen LogP contribution in [0.2, 0.25) is 0 Å². The highest BCUT2D eigenvalue weighted by molar-refractivity contribution is 6.03. The molecule has 0 saturated heterocycles. The zero-order valence-corrected chi connectivity index (χ0v) is 20.0. The average Bonchev–Trinajstić information content (AvgIpc) is 3.11. The monoisotopic (exact) mass is 474 g/mol. The average molecular weight is 475 g/mol.